The second kappa shape index (κ2) is 6.87. The van der Waals surface area contributed by atoms with Gasteiger partial charge in [-0.2, -0.15) is 0 Å². The smallest absolute Gasteiger partial charge is 0.285 e. The van der Waals surface area contributed by atoms with Crippen LogP contribution in [0.1, 0.15) is 63.0 Å². The summed E-state index contributed by atoms with van der Waals surface area (Å²) in [6.07, 6.45) is 8.50. The molecular formula is C21H33N2O+. The number of para-hydroxylation sites is 1. The largest absolute Gasteiger partial charge is 0.320 e. The maximum Gasteiger partial charge on any atom is 0.285 e. The van der Waals surface area contributed by atoms with Gasteiger partial charge in [-0.3, -0.25) is 4.79 Å². The fraction of sp³-hybridized carbons (Fsp3) is 0.667. The lowest BCUT2D eigenvalue weighted by Gasteiger charge is -2.56. The Hall–Kier alpha value is -1.35. The minimum atomic E-state index is -0.187. The fourth-order valence-electron chi connectivity index (χ4n) is 5.01. The first kappa shape index (κ1) is 17.5. The Morgan fingerprint density at radius 1 is 1.04 bits per heavy atom. The minimum Gasteiger partial charge on any atom is -0.320 e. The van der Waals surface area contributed by atoms with Gasteiger partial charge in [0, 0.05) is 18.5 Å². The summed E-state index contributed by atoms with van der Waals surface area (Å²) < 4.78 is 1.02. The van der Waals surface area contributed by atoms with Crippen molar-refractivity contribution >= 4 is 11.6 Å². The highest BCUT2D eigenvalue weighted by atomic mass is 16.2. The first-order chi connectivity index (χ1) is 11.5. The first-order valence-corrected chi connectivity index (χ1v) is 9.78. The average Bonchev–Trinajstić information content (AvgIpc) is 2.77. The highest BCUT2D eigenvalue weighted by molar-refractivity contribution is 5.99. The maximum atomic E-state index is 13.5. The zero-order valence-corrected chi connectivity index (χ0v) is 15.7. The van der Waals surface area contributed by atoms with Gasteiger partial charge in [-0.25, -0.2) is 0 Å². The van der Waals surface area contributed by atoms with Crippen molar-refractivity contribution in [1.82, 2.24) is 0 Å². The van der Waals surface area contributed by atoms with Gasteiger partial charge in [-0.05, 0) is 64.0 Å². The standard InChI is InChI=1S/C21H32N2O/c1-4-23(15-7-5-6-8-16-23)21(13-10-14-21)20(24)22-19-17(2)11-9-12-18(19)3/h9,11-12H,4-8,10,13-16H2,1-3H3/p+1. The van der Waals surface area contributed by atoms with E-state index in [1.807, 2.05) is 0 Å². The molecule has 1 saturated heterocycles. The van der Waals surface area contributed by atoms with E-state index in [0.717, 1.165) is 40.7 Å². The van der Waals surface area contributed by atoms with Crippen molar-refractivity contribution in [3.63, 3.8) is 0 Å². The molecule has 1 aromatic carbocycles. The molecule has 3 rings (SSSR count). The van der Waals surface area contributed by atoms with E-state index in [1.165, 1.54) is 45.2 Å². The lowest BCUT2D eigenvalue weighted by molar-refractivity contribution is -0.970. The van der Waals surface area contributed by atoms with Crippen LogP contribution in [0, 0.1) is 13.8 Å². The van der Waals surface area contributed by atoms with E-state index in [1.54, 1.807) is 0 Å². The maximum absolute atomic E-state index is 13.5. The molecule has 0 spiro atoms. The van der Waals surface area contributed by atoms with Gasteiger partial charge in [0.05, 0.1) is 19.6 Å². The van der Waals surface area contributed by atoms with Crippen LogP contribution in [-0.4, -0.2) is 35.6 Å². The van der Waals surface area contributed by atoms with Crippen molar-refractivity contribution in [2.24, 2.45) is 0 Å². The van der Waals surface area contributed by atoms with Gasteiger partial charge in [0.15, 0.2) is 5.54 Å². The predicted molar refractivity (Wildman–Crippen MR) is 100 cm³/mol. The Morgan fingerprint density at radius 2 is 1.62 bits per heavy atom. The second-order valence-electron chi connectivity index (χ2n) is 7.93. The van der Waals surface area contributed by atoms with Crippen LogP contribution in [0.3, 0.4) is 0 Å². The molecule has 2 fully saturated rings. The molecule has 1 amide bonds. The zero-order chi connectivity index (χ0) is 17.2. The van der Waals surface area contributed by atoms with Crippen molar-refractivity contribution < 1.29 is 9.28 Å². The van der Waals surface area contributed by atoms with Gasteiger partial charge >= 0.3 is 0 Å². The van der Waals surface area contributed by atoms with E-state index in [0.29, 0.717) is 0 Å². The summed E-state index contributed by atoms with van der Waals surface area (Å²) in [6.45, 7) is 9.91. The number of likely N-dealkylation sites (N-methyl/N-ethyl adjacent to an activating group) is 1. The second-order valence-corrected chi connectivity index (χ2v) is 7.93. The highest BCUT2D eigenvalue weighted by Gasteiger charge is 2.59. The highest BCUT2D eigenvalue weighted by Crippen LogP contribution is 2.45. The molecule has 1 heterocycles. The van der Waals surface area contributed by atoms with E-state index in [4.69, 9.17) is 0 Å². The molecule has 1 saturated carbocycles. The number of amides is 1. The van der Waals surface area contributed by atoms with E-state index in [2.05, 4.69) is 44.3 Å². The van der Waals surface area contributed by atoms with E-state index < -0.39 is 0 Å². The van der Waals surface area contributed by atoms with Crippen LogP contribution in [0.15, 0.2) is 18.2 Å². The number of hydrogen-bond acceptors (Lipinski definition) is 1. The van der Waals surface area contributed by atoms with Gasteiger partial charge in [0.2, 0.25) is 0 Å². The van der Waals surface area contributed by atoms with Crippen molar-refractivity contribution in [1.29, 1.82) is 0 Å². The summed E-state index contributed by atoms with van der Waals surface area (Å²) in [5.74, 6) is 0.273. The molecular weight excluding hydrogens is 296 g/mol. The van der Waals surface area contributed by atoms with Crippen LogP contribution < -0.4 is 5.32 Å². The minimum absolute atomic E-state index is 0.187. The number of quaternary nitrogens is 1. The van der Waals surface area contributed by atoms with Crippen LogP contribution in [0.5, 0.6) is 0 Å². The number of aryl methyl sites for hydroxylation is 2. The number of carbonyl (C=O) groups excluding carboxylic acids is 1. The number of hydrogen-bond donors (Lipinski definition) is 1. The number of likely N-dealkylation sites (tertiary alicyclic amines) is 1. The molecule has 24 heavy (non-hydrogen) atoms. The van der Waals surface area contributed by atoms with E-state index in [9.17, 15) is 4.79 Å². The molecule has 0 atom stereocenters. The summed E-state index contributed by atoms with van der Waals surface area (Å²) in [4.78, 5) is 13.5. The lowest BCUT2D eigenvalue weighted by Crippen LogP contribution is -2.72. The van der Waals surface area contributed by atoms with Crippen molar-refractivity contribution in [3.8, 4) is 0 Å². The molecule has 0 aromatic heterocycles. The molecule has 2 aliphatic rings. The van der Waals surface area contributed by atoms with Gasteiger partial charge in [-0.15, -0.1) is 0 Å². The molecule has 1 aromatic rings. The third-order valence-corrected chi connectivity index (χ3v) is 6.76. The molecule has 0 bridgehead atoms. The molecule has 3 nitrogen and oxygen atoms in total. The van der Waals surface area contributed by atoms with Crippen molar-refractivity contribution in [3.05, 3.63) is 29.3 Å². The Kier molecular flexibility index (Phi) is 5.00. The Morgan fingerprint density at radius 3 is 2.08 bits per heavy atom. The van der Waals surface area contributed by atoms with E-state index >= 15 is 0 Å². The van der Waals surface area contributed by atoms with Crippen LogP contribution in [-0.2, 0) is 4.79 Å². The number of anilines is 1. The number of rotatable bonds is 4. The van der Waals surface area contributed by atoms with Gasteiger partial charge in [0.25, 0.3) is 5.91 Å². The molecule has 3 heteroatoms. The van der Waals surface area contributed by atoms with Crippen LogP contribution in [0.2, 0.25) is 0 Å². The van der Waals surface area contributed by atoms with E-state index in [-0.39, 0.29) is 11.4 Å². The Balaban J connectivity index is 1.90. The van der Waals surface area contributed by atoms with Crippen LogP contribution >= 0.6 is 0 Å². The SMILES string of the molecule is CC[N+]1(C2(C(=O)Nc3c(C)cccc3C)CCC2)CCCCCC1. The normalized spacial score (nSPS) is 22.3. The quantitative estimate of drug-likeness (QED) is 0.805. The van der Waals surface area contributed by atoms with Crippen LogP contribution in [0.4, 0.5) is 5.69 Å². The Labute approximate surface area is 147 Å². The molecule has 0 unspecified atom stereocenters. The number of nitrogens with one attached hydrogen (secondary N) is 1. The predicted octanol–water partition coefficient (Wildman–Crippen LogP) is 4.58. The molecule has 0 radical (unpaired) electrons. The summed E-state index contributed by atoms with van der Waals surface area (Å²) in [5.41, 5.74) is 3.17. The first-order valence-electron chi connectivity index (χ1n) is 9.78. The molecule has 1 N–H and O–H groups in total. The number of nitrogens with zero attached hydrogens (tertiary/aromatic N) is 1. The molecule has 132 valence electrons. The molecule has 1 aliphatic heterocycles. The number of carbonyl (C=O) groups is 1. The zero-order valence-electron chi connectivity index (χ0n) is 15.7. The van der Waals surface area contributed by atoms with Crippen LogP contribution in [0.25, 0.3) is 0 Å². The summed E-state index contributed by atoms with van der Waals surface area (Å²) in [5, 5.41) is 3.34. The summed E-state index contributed by atoms with van der Waals surface area (Å²) >= 11 is 0. The van der Waals surface area contributed by atoms with Gasteiger partial charge in [0.1, 0.15) is 0 Å². The monoisotopic (exact) mass is 329 g/mol. The molecule has 1 aliphatic carbocycles. The summed E-state index contributed by atoms with van der Waals surface area (Å²) in [6, 6.07) is 6.24. The third kappa shape index (κ3) is 2.77. The fourth-order valence-corrected chi connectivity index (χ4v) is 5.01. The third-order valence-electron chi connectivity index (χ3n) is 6.76. The van der Waals surface area contributed by atoms with Crippen molar-refractivity contribution in [2.75, 3.05) is 25.0 Å². The lowest BCUT2D eigenvalue weighted by atomic mass is 9.72. The van der Waals surface area contributed by atoms with Gasteiger partial charge < -0.3 is 9.80 Å². The topological polar surface area (TPSA) is 29.1 Å². The Bertz CT molecular complexity index is 576. The summed E-state index contributed by atoms with van der Waals surface area (Å²) in [7, 11) is 0. The van der Waals surface area contributed by atoms with Crippen molar-refractivity contribution in [2.45, 2.75) is 71.3 Å². The average molecular weight is 330 g/mol. The number of benzene rings is 1. The van der Waals surface area contributed by atoms with Gasteiger partial charge in [-0.1, -0.05) is 18.2 Å².